The van der Waals surface area contributed by atoms with Crippen molar-refractivity contribution in [3.63, 3.8) is 0 Å². The van der Waals surface area contributed by atoms with Crippen LogP contribution in [-0.4, -0.2) is 34.6 Å². The van der Waals surface area contributed by atoms with Crippen LogP contribution in [-0.2, 0) is 16.6 Å². The van der Waals surface area contributed by atoms with Crippen LogP contribution in [0.2, 0.25) is 0 Å². The number of fused-ring (bicyclic) bond motifs is 1. The van der Waals surface area contributed by atoms with E-state index in [1.807, 2.05) is 12.1 Å². The molecule has 0 atom stereocenters. The number of sulfonamides is 1. The third-order valence-electron chi connectivity index (χ3n) is 5.14. The maximum atomic E-state index is 13.0. The summed E-state index contributed by atoms with van der Waals surface area (Å²) >= 11 is 0. The topological polar surface area (TPSA) is 103 Å². The first-order valence-corrected chi connectivity index (χ1v) is 11.8. The second-order valence-corrected chi connectivity index (χ2v) is 9.13. The summed E-state index contributed by atoms with van der Waals surface area (Å²) in [7, 11) is -2.36. The van der Waals surface area contributed by atoms with Crippen molar-refractivity contribution in [1.29, 1.82) is 0 Å². The lowest BCUT2D eigenvalue weighted by molar-refractivity contribution is 0.0950. The SMILES string of the molecule is COc1ccc(NS(=O)(=O)c2cc(C(=O)NCc3ccc4c(c3)OCCO4)ccc2C)cc1. The molecular weight excluding hydrogens is 444 g/mol. The van der Waals surface area contributed by atoms with Crippen molar-refractivity contribution in [3.05, 3.63) is 77.4 Å². The number of ether oxygens (including phenoxy) is 3. The van der Waals surface area contributed by atoms with E-state index < -0.39 is 10.0 Å². The fourth-order valence-corrected chi connectivity index (χ4v) is 4.71. The molecule has 1 amide bonds. The maximum absolute atomic E-state index is 13.0. The smallest absolute Gasteiger partial charge is 0.262 e. The molecule has 33 heavy (non-hydrogen) atoms. The highest BCUT2D eigenvalue weighted by Crippen LogP contribution is 2.30. The summed E-state index contributed by atoms with van der Waals surface area (Å²) in [4.78, 5) is 12.8. The first kappa shape index (κ1) is 22.5. The predicted octanol–water partition coefficient (Wildman–Crippen LogP) is 3.51. The Labute approximate surface area is 192 Å². The minimum atomic E-state index is -3.90. The van der Waals surface area contributed by atoms with Crippen molar-refractivity contribution in [2.24, 2.45) is 0 Å². The fourth-order valence-electron chi connectivity index (χ4n) is 3.38. The Morgan fingerprint density at radius 3 is 2.42 bits per heavy atom. The number of hydrogen-bond acceptors (Lipinski definition) is 6. The number of nitrogens with one attached hydrogen (secondary N) is 2. The first-order valence-electron chi connectivity index (χ1n) is 10.3. The summed E-state index contributed by atoms with van der Waals surface area (Å²) in [6.45, 7) is 2.93. The summed E-state index contributed by atoms with van der Waals surface area (Å²) in [6.07, 6.45) is 0. The maximum Gasteiger partial charge on any atom is 0.262 e. The summed E-state index contributed by atoms with van der Waals surface area (Å²) in [5.41, 5.74) is 2.00. The number of carbonyl (C=O) groups excluding carboxylic acids is 1. The van der Waals surface area contributed by atoms with Gasteiger partial charge in [-0.1, -0.05) is 12.1 Å². The van der Waals surface area contributed by atoms with Gasteiger partial charge in [-0.25, -0.2) is 8.42 Å². The van der Waals surface area contributed by atoms with E-state index in [2.05, 4.69) is 10.0 Å². The van der Waals surface area contributed by atoms with Gasteiger partial charge in [-0.2, -0.15) is 0 Å². The zero-order chi connectivity index (χ0) is 23.4. The second-order valence-electron chi connectivity index (χ2n) is 7.47. The minimum Gasteiger partial charge on any atom is -0.497 e. The molecule has 0 saturated heterocycles. The Morgan fingerprint density at radius 1 is 0.970 bits per heavy atom. The molecule has 0 aliphatic carbocycles. The van der Waals surface area contributed by atoms with Crippen LogP contribution < -0.4 is 24.2 Å². The second kappa shape index (κ2) is 9.41. The van der Waals surface area contributed by atoms with E-state index in [4.69, 9.17) is 14.2 Å². The van der Waals surface area contributed by atoms with Gasteiger partial charge in [0.2, 0.25) is 0 Å². The average molecular weight is 469 g/mol. The molecule has 4 rings (SSSR count). The van der Waals surface area contributed by atoms with Crippen LogP contribution in [0, 0.1) is 6.92 Å². The van der Waals surface area contributed by atoms with Crippen molar-refractivity contribution >= 4 is 21.6 Å². The number of aryl methyl sites for hydroxylation is 1. The molecule has 0 saturated carbocycles. The Kier molecular flexibility index (Phi) is 6.41. The van der Waals surface area contributed by atoms with Gasteiger partial charge in [0.15, 0.2) is 11.5 Å². The number of hydrogen-bond donors (Lipinski definition) is 2. The molecule has 3 aromatic rings. The van der Waals surface area contributed by atoms with Gasteiger partial charge in [0.25, 0.3) is 15.9 Å². The summed E-state index contributed by atoms with van der Waals surface area (Å²) in [6, 6.07) is 16.6. The lowest BCUT2D eigenvalue weighted by Gasteiger charge is -2.19. The van der Waals surface area contributed by atoms with Gasteiger partial charge in [0.05, 0.1) is 12.0 Å². The van der Waals surface area contributed by atoms with Crippen LogP contribution in [0.4, 0.5) is 5.69 Å². The van der Waals surface area contributed by atoms with Gasteiger partial charge < -0.3 is 19.5 Å². The first-order chi connectivity index (χ1) is 15.9. The molecular formula is C24H24N2O6S. The largest absolute Gasteiger partial charge is 0.497 e. The van der Waals surface area contributed by atoms with Crippen molar-refractivity contribution in [1.82, 2.24) is 5.32 Å². The van der Waals surface area contributed by atoms with Gasteiger partial charge in [0.1, 0.15) is 19.0 Å². The molecule has 172 valence electrons. The van der Waals surface area contributed by atoms with E-state index in [-0.39, 0.29) is 22.9 Å². The number of benzene rings is 3. The zero-order valence-corrected chi connectivity index (χ0v) is 19.1. The number of amides is 1. The zero-order valence-electron chi connectivity index (χ0n) is 18.3. The molecule has 0 fully saturated rings. The number of carbonyl (C=O) groups is 1. The van der Waals surface area contributed by atoms with E-state index in [0.717, 1.165) is 5.56 Å². The van der Waals surface area contributed by atoms with E-state index in [0.29, 0.717) is 41.7 Å². The highest BCUT2D eigenvalue weighted by Gasteiger charge is 2.20. The minimum absolute atomic E-state index is 0.0327. The Hall–Kier alpha value is -3.72. The monoisotopic (exact) mass is 468 g/mol. The van der Waals surface area contributed by atoms with Gasteiger partial charge in [0, 0.05) is 17.8 Å². The highest BCUT2D eigenvalue weighted by molar-refractivity contribution is 7.92. The van der Waals surface area contributed by atoms with Gasteiger partial charge in [-0.15, -0.1) is 0 Å². The van der Waals surface area contributed by atoms with E-state index in [1.54, 1.807) is 49.4 Å². The lowest BCUT2D eigenvalue weighted by Crippen LogP contribution is -2.24. The van der Waals surface area contributed by atoms with E-state index in [1.165, 1.54) is 13.2 Å². The van der Waals surface area contributed by atoms with Crippen LogP contribution in [0.25, 0.3) is 0 Å². The van der Waals surface area contributed by atoms with Crippen LogP contribution in [0.3, 0.4) is 0 Å². The highest BCUT2D eigenvalue weighted by atomic mass is 32.2. The van der Waals surface area contributed by atoms with Crippen LogP contribution in [0.1, 0.15) is 21.5 Å². The van der Waals surface area contributed by atoms with Gasteiger partial charge in [-0.3, -0.25) is 9.52 Å². The predicted molar refractivity (Wildman–Crippen MR) is 124 cm³/mol. The Morgan fingerprint density at radius 2 is 1.70 bits per heavy atom. The molecule has 0 aromatic heterocycles. The fraction of sp³-hybridized carbons (Fsp3) is 0.208. The van der Waals surface area contributed by atoms with Crippen molar-refractivity contribution in [3.8, 4) is 17.2 Å². The van der Waals surface area contributed by atoms with Crippen LogP contribution in [0.5, 0.6) is 17.2 Å². The molecule has 1 aliphatic rings. The molecule has 3 aromatic carbocycles. The number of methoxy groups -OCH3 is 1. The molecule has 8 nitrogen and oxygen atoms in total. The molecule has 9 heteroatoms. The third kappa shape index (κ3) is 5.20. The van der Waals surface area contributed by atoms with Crippen LogP contribution >= 0.6 is 0 Å². The number of rotatable bonds is 7. The van der Waals surface area contributed by atoms with Gasteiger partial charge in [-0.05, 0) is 66.6 Å². The third-order valence-corrected chi connectivity index (χ3v) is 6.67. The molecule has 0 spiro atoms. The van der Waals surface area contributed by atoms with Crippen LogP contribution in [0.15, 0.2) is 65.6 Å². The van der Waals surface area contributed by atoms with E-state index >= 15 is 0 Å². The molecule has 2 N–H and O–H groups in total. The quantitative estimate of drug-likeness (QED) is 0.550. The Balaban J connectivity index is 1.48. The van der Waals surface area contributed by atoms with E-state index in [9.17, 15) is 13.2 Å². The molecule has 1 heterocycles. The molecule has 0 unspecified atom stereocenters. The molecule has 1 aliphatic heterocycles. The average Bonchev–Trinajstić information content (AvgIpc) is 2.82. The summed E-state index contributed by atoms with van der Waals surface area (Å²) < 4.78 is 44.6. The summed E-state index contributed by atoms with van der Waals surface area (Å²) in [5.74, 6) is 1.55. The number of anilines is 1. The normalized spacial score (nSPS) is 12.7. The molecule has 0 bridgehead atoms. The van der Waals surface area contributed by atoms with Crippen molar-refractivity contribution in [2.45, 2.75) is 18.4 Å². The Bertz CT molecular complexity index is 1270. The van der Waals surface area contributed by atoms with Crippen molar-refractivity contribution < 1.29 is 27.4 Å². The van der Waals surface area contributed by atoms with Gasteiger partial charge >= 0.3 is 0 Å². The lowest BCUT2D eigenvalue weighted by atomic mass is 10.1. The van der Waals surface area contributed by atoms with Crippen molar-refractivity contribution in [2.75, 3.05) is 25.0 Å². The standard InChI is InChI=1S/C24H24N2O6S/c1-16-3-5-18(14-23(16)33(28,29)26-19-6-8-20(30-2)9-7-19)24(27)25-15-17-4-10-21-22(13-17)32-12-11-31-21/h3-10,13-14,26H,11-12,15H2,1-2H3,(H,25,27). The molecule has 0 radical (unpaired) electrons. The summed E-state index contributed by atoms with van der Waals surface area (Å²) in [5, 5.41) is 2.82.